The van der Waals surface area contributed by atoms with Gasteiger partial charge in [0, 0.05) is 13.7 Å². The minimum Gasteiger partial charge on any atom is -0.385 e. The molecule has 50 valence electrons. The molecule has 0 bridgehead atoms. The van der Waals surface area contributed by atoms with Crippen LogP contribution in [0.1, 0.15) is 6.42 Å². The monoisotopic (exact) mass is 138 g/mol. The van der Waals surface area contributed by atoms with E-state index in [1.54, 1.807) is 7.11 Å². The Morgan fingerprint density at radius 2 is 2.38 bits per heavy atom. The first-order valence-electron chi connectivity index (χ1n) is 2.33. The fourth-order valence-electron chi connectivity index (χ4n) is 0.327. The Morgan fingerprint density at radius 1 is 1.75 bits per heavy atom. The largest absolute Gasteiger partial charge is 0.385 e. The van der Waals surface area contributed by atoms with Gasteiger partial charge in [0.2, 0.25) is 0 Å². The van der Waals surface area contributed by atoms with E-state index in [1.807, 2.05) is 0 Å². The lowest BCUT2D eigenvalue weighted by atomic mass is 10.5. The Hall–Kier alpha value is 0.0700. The molecule has 1 N–H and O–H groups in total. The van der Waals surface area contributed by atoms with Crippen LogP contribution in [-0.4, -0.2) is 28.2 Å². The van der Waals surface area contributed by atoms with Crippen LogP contribution in [0, 0.1) is 0 Å². The Balaban J connectivity index is 2.82. The van der Waals surface area contributed by atoms with Crippen LogP contribution in [-0.2, 0) is 15.8 Å². The van der Waals surface area contributed by atoms with Crippen molar-refractivity contribution in [3.05, 3.63) is 0 Å². The van der Waals surface area contributed by atoms with Crippen LogP contribution >= 0.6 is 0 Å². The van der Waals surface area contributed by atoms with E-state index in [0.29, 0.717) is 18.8 Å². The van der Waals surface area contributed by atoms with Crippen LogP contribution in [0.5, 0.6) is 0 Å². The highest BCUT2D eigenvalue weighted by Crippen LogP contribution is 1.82. The van der Waals surface area contributed by atoms with Crippen LogP contribution in [0.25, 0.3) is 0 Å². The number of hydrogen-bond donors (Lipinski definition) is 1. The van der Waals surface area contributed by atoms with Crippen LogP contribution in [0.4, 0.5) is 0 Å². The molecule has 0 radical (unpaired) electrons. The van der Waals surface area contributed by atoms with Crippen molar-refractivity contribution in [2.24, 2.45) is 0 Å². The molecule has 0 fully saturated rings. The van der Waals surface area contributed by atoms with E-state index >= 15 is 0 Å². The molecule has 3 nitrogen and oxygen atoms in total. The van der Waals surface area contributed by atoms with Crippen molar-refractivity contribution in [1.82, 2.24) is 0 Å². The number of hydrogen-bond acceptors (Lipinski definition) is 2. The lowest BCUT2D eigenvalue weighted by Crippen LogP contribution is -1.98. The maximum absolute atomic E-state index is 9.93. The number of ether oxygens (including phenoxy) is 1. The van der Waals surface area contributed by atoms with Gasteiger partial charge in [0.05, 0.1) is 5.75 Å². The molecule has 0 aromatic rings. The summed E-state index contributed by atoms with van der Waals surface area (Å²) in [6.45, 7) is 0.562. The van der Waals surface area contributed by atoms with Gasteiger partial charge >= 0.3 is 0 Å². The normalized spacial score (nSPS) is 13.8. The van der Waals surface area contributed by atoms with Crippen molar-refractivity contribution in [2.75, 3.05) is 19.5 Å². The maximum atomic E-state index is 9.93. The minimum absolute atomic E-state index is 0.313. The molecule has 0 aromatic carbocycles. The second-order valence-electron chi connectivity index (χ2n) is 1.37. The van der Waals surface area contributed by atoms with Crippen molar-refractivity contribution in [3.63, 3.8) is 0 Å². The van der Waals surface area contributed by atoms with E-state index in [-0.39, 0.29) is 0 Å². The average Bonchev–Trinajstić information content (AvgIpc) is 1.66. The Labute approximate surface area is 51.3 Å². The highest BCUT2D eigenvalue weighted by Gasteiger charge is 1.90. The summed E-state index contributed by atoms with van der Waals surface area (Å²) in [4.78, 5) is 0. The Bertz CT molecular complexity index is 73.7. The second kappa shape index (κ2) is 5.21. The lowest BCUT2D eigenvalue weighted by Gasteiger charge is -1.92. The quantitative estimate of drug-likeness (QED) is 0.447. The third kappa shape index (κ3) is 6.07. The summed E-state index contributed by atoms with van der Waals surface area (Å²) in [6.07, 6.45) is 0.652. The van der Waals surface area contributed by atoms with E-state index in [0.717, 1.165) is 0 Å². The van der Waals surface area contributed by atoms with Crippen molar-refractivity contribution in [1.29, 1.82) is 0 Å². The van der Waals surface area contributed by atoms with E-state index in [9.17, 15) is 4.21 Å². The van der Waals surface area contributed by atoms with Crippen molar-refractivity contribution >= 4 is 11.1 Å². The predicted molar refractivity (Wildman–Crippen MR) is 32.1 cm³/mol. The van der Waals surface area contributed by atoms with Gasteiger partial charge in [0.1, 0.15) is 0 Å². The molecule has 1 atom stereocenters. The fraction of sp³-hybridized carbons (Fsp3) is 1.00. The highest BCUT2D eigenvalue weighted by molar-refractivity contribution is 7.79. The molecular weight excluding hydrogens is 128 g/mol. The molecule has 0 aromatic heterocycles. The molecule has 4 heteroatoms. The van der Waals surface area contributed by atoms with Gasteiger partial charge < -0.3 is 9.29 Å². The van der Waals surface area contributed by atoms with Gasteiger partial charge in [-0.15, -0.1) is 0 Å². The number of rotatable bonds is 4. The van der Waals surface area contributed by atoms with Gasteiger partial charge in [-0.1, -0.05) is 0 Å². The molecule has 0 amide bonds. The first-order valence-corrected chi connectivity index (χ1v) is 3.61. The third-order valence-corrected chi connectivity index (χ3v) is 1.31. The smallest absolute Gasteiger partial charge is 0.152 e. The molecule has 0 aliphatic heterocycles. The standard InChI is InChI=1S/C4H10O3S/c1-7-3-2-4-8(5)6/h2-4H2,1H3,(H,5,6). The van der Waals surface area contributed by atoms with Crippen molar-refractivity contribution in [3.8, 4) is 0 Å². The molecule has 0 spiro atoms. The van der Waals surface area contributed by atoms with Crippen LogP contribution in [0.2, 0.25) is 0 Å². The summed E-state index contributed by atoms with van der Waals surface area (Å²) < 4.78 is 22.8. The highest BCUT2D eigenvalue weighted by atomic mass is 32.2. The average molecular weight is 138 g/mol. The summed E-state index contributed by atoms with van der Waals surface area (Å²) in [5.74, 6) is 0.313. The summed E-state index contributed by atoms with van der Waals surface area (Å²) in [6, 6.07) is 0. The first kappa shape index (κ1) is 8.07. The van der Waals surface area contributed by atoms with Gasteiger partial charge in [-0.05, 0) is 6.42 Å². The molecule has 1 unspecified atom stereocenters. The SMILES string of the molecule is COCCCS(=O)O. The zero-order valence-electron chi connectivity index (χ0n) is 4.79. The van der Waals surface area contributed by atoms with Crippen molar-refractivity contribution < 1.29 is 13.5 Å². The Morgan fingerprint density at radius 3 is 2.75 bits per heavy atom. The summed E-state index contributed by atoms with van der Waals surface area (Å²) in [7, 11) is 1.57. The lowest BCUT2D eigenvalue weighted by molar-refractivity contribution is 0.199. The van der Waals surface area contributed by atoms with E-state index in [1.165, 1.54) is 0 Å². The molecule has 0 aliphatic carbocycles. The van der Waals surface area contributed by atoms with Gasteiger partial charge in [0.15, 0.2) is 11.1 Å². The van der Waals surface area contributed by atoms with Gasteiger partial charge in [-0.2, -0.15) is 0 Å². The zero-order valence-corrected chi connectivity index (χ0v) is 5.61. The maximum Gasteiger partial charge on any atom is 0.152 e. The summed E-state index contributed by atoms with van der Waals surface area (Å²) in [5.41, 5.74) is 0. The van der Waals surface area contributed by atoms with Crippen molar-refractivity contribution in [2.45, 2.75) is 6.42 Å². The van der Waals surface area contributed by atoms with Gasteiger partial charge in [-0.25, -0.2) is 4.21 Å². The molecule has 0 rings (SSSR count). The zero-order chi connectivity index (χ0) is 6.41. The summed E-state index contributed by atoms with van der Waals surface area (Å²) in [5, 5.41) is 0. The van der Waals surface area contributed by atoms with Gasteiger partial charge in [0.25, 0.3) is 0 Å². The molecule has 0 aliphatic rings. The predicted octanol–water partition coefficient (Wildman–Crippen LogP) is 0.245. The molecular formula is C4H10O3S. The summed E-state index contributed by atoms with van der Waals surface area (Å²) >= 11 is -1.65. The molecule has 0 saturated heterocycles. The van der Waals surface area contributed by atoms with E-state index in [2.05, 4.69) is 4.74 Å². The van der Waals surface area contributed by atoms with E-state index in [4.69, 9.17) is 4.55 Å². The third-order valence-electron chi connectivity index (χ3n) is 0.667. The van der Waals surface area contributed by atoms with Crippen LogP contribution in [0.15, 0.2) is 0 Å². The Kier molecular flexibility index (Phi) is 5.26. The molecule has 0 heterocycles. The van der Waals surface area contributed by atoms with Crippen LogP contribution < -0.4 is 0 Å². The number of methoxy groups -OCH3 is 1. The minimum atomic E-state index is -1.65. The van der Waals surface area contributed by atoms with Gasteiger partial charge in [-0.3, -0.25) is 0 Å². The fourth-order valence-corrected chi connectivity index (χ4v) is 0.692. The first-order chi connectivity index (χ1) is 3.77. The molecule has 0 saturated carbocycles. The molecule has 8 heavy (non-hydrogen) atoms. The van der Waals surface area contributed by atoms with E-state index < -0.39 is 11.1 Å². The topological polar surface area (TPSA) is 46.5 Å². The second-order valence-corrected chi connectivity index (χ2v) is 2.42. The van der Waals surface area contributed by atoms with Crippen LogP contribution in [0.3, 0.4) is 0 Å².